The minimum atomic E-state index is -0.909. The third kappa shape index (κ3) is 4.15. The van der Waals surface area contributed by atoms with Crippen LogP contribution in [0.3, 0.4) is 0 Å². The molecule has 2 heterocycles. The van der Waals surface area contributed by atoms with Gasteiger partial charge in [0.15, 0.2) is 23.0 Å². The maximum Gasteiger partial charge on any atom is 0.283 e. The van der Waals surface area contributed by atoms with Gasteiger partial charge in [0.05, 0.1) is 6.54 Å². The highest BCUT2D eigenvalue weighted by Crippen LogP contribution is 2.32. The zero-order valence-corrected chi connectivity index (χ0v) is 15.1. The number of rotatable bonds is 4. The Morgan fingerprint density at radius 2 is 1.66 bits per heavy atom. The molecule has 0 bridgehead atoms. The summed E-state index contributed by atoms with van der Waals surface area (Å²) in [6.45, 7) is -0.220. The number of amides is 3. The molecule has 2 aliphatic rings. The molecule has 10 nitrogen and oxygen atoms in total. The van der Waals surface area contributed by atoms with Crippen LogP contribution in [0.25, 0.3) is 0 Å². The van der Waals surface area contributed by atoms with E-state index in [4.69, 9.17) is 18.9 Å². The fraction of sp³-hybridized carbons (Fsp3) is 0.211. The molecule has 10 heteroatoms. The highest BCUT2D eigenvalue weighted by atomic mass is 16.7. The Balaban J connectivity index is 1.22. The van der Waals surface area contributed by atoms with Gasteiger partial charge in [0.25, 0.3) is 17.7 Å². The van der Waals surface area contributed by atoms with E-state index >= 15 is 0 Å². The monoisotopic (exact) mass is 399 g/mol. The molecule has 2 aliphatic heterocycles. The second-order valence-electron chi connectivity index (χ2n) is 6.15. The summed E-state index contributed by atoms with van der Waals surface area (Å²) in [4.78, 5) is 36.2. The van der Waals surface area contributed by atoms with Gasteiger partial charge in [-0.05, 0) is 30.3 Å². The number of nitrogens with one attached hydrogen (secondary N) is 3. The van der Waals surface area contributed by atoms with Gasteiger partial charge in [-0.15, -0.1) is 0 Å². The summed E-state index contributed by atoms with van der Waals surface area (Å²) in [6.07, 6.45) is -0.909. The Morgan fingerprint density at radius 3 is 2.52 bits per heavy atom. The van der Waals surface area contributed by atoms with Gasteiger partial charge in [-0.2, -0.15) is 0 Å². The zero-order chi connectivity index (χ0) is 20.2. The van der Waals surface area contributed by atoms with Crippen molar-refractivity contribution in [2.75, 3.05) is 19.9 Å². The second kappa shape index (κ2) is 7.97. The largest absolute Gasteiger partial charge is 0.485 e. The Hall–Kier alpha value is -3.95. The molecular weight excluding hydrogens is 382 g/mol. The number of carbonyl (C=O) groups is 3. The van der Waals surface area contributed by atoms with Crippen LogP contribution in [0.5, 0.6) is 23.0 Å². The summed E-state index contributed by atoms with van der Waals surface area (Å²) in [7, 11) is 0. The summed E-state index contributed by atoms with van der Waals surface area (Å²) in [6, 6.07) is 11.7. The highest BCUT2D eigenvalue weighted by Gasteiger charge is 2.27. The van der Waals surface area contributed by atoms with E-state index in [9.17, 15) is 14.4 Å². The molecule has 3 N–H and O–H groups in total. The molecule has 150 valence electrons. The Kier molecular flexibility index (Phi) is 5.06. The molecule has 0 radical (unpaired) electrons. The van der Waals surface area contributed by atoms with Crippen LogP contribution in [-0.2, 0) is 9.59 Å². The molecule has 2 aromatic carbocycles. The Morgan fingerprint density at radius 1 is 0.897 bits per heavy atom. The molecule has 0 saturated carbocycles. The van der Waals surface area contributed by atoms with E-state index in [-0.39, 0.29) is 19.9 Å². The maximum absolute atomic E-state index is 12.1. The quantitative estimate of drug-likeness (QED) is 0.625. The standard InChI is InChI=1S/C19H17N3O7/c23-17(8-20-18(24)11-5-6-13-15(7-11)28-10-27-13)21-22-19(25)16-9-26-12-3-1-2-4-14(12)29-16/h1-7,16H,8-10H2,(H,20,24)(H,21,23)(H,22,25)/t16-/m1/s1. The summed E-state index contributed by atoms with van der Waals surface area (Å²) in [5.41, 5.74) is 4.79. The summed E-state index contributed by atoms with van der Waals surface area (Å²) >= 11 is 0. The molecule has 0 aliphatic carbocycles. The van der Waals surface area contributed by atoms with E-state index in [1.807, 2.05) is 0 Å². The average molecular weight is 399 g/mol. The average Bonchev–Trinajstić information content (AvgIpc) is 3.23. The van der Waals surface area contributed by atoms with E-state index in [2.05, 4.69) is 16.2 Å². The van der Waals surface area contributed by atoms with Gasteiger partial charge < -0.3 is 24.3 Å². The van der Waals surface area contributed by atoms with E-state index in [0.29, 0.717) is 28.6 Å². The van der Waals surface area contributed by atoms with E-state index < -0.39 is 23.8 Å². The van der Waals surface area contributed by atoms with Gasteiger partial charge in [0.2, 0.25) is 12.9 Å². The number of hydrogen-bond donors (Lipinski definition) is 3. The number of para-hydroxylation sites is 2. The van der Waals surface area contributed by atoms with Crippen LogP contribution in [0.15, 0.2) is 42.5 Å². The van der Waals surface area contributed by atoms with Crippen molar-refractivity contribution in [3.05, 3.63) is 48.0 Å². The van der Waals surface area contributed by atoms with Crippen molar-refractivity contribution < 1.29 is 33.3 Å². The van der Waals surface area contributed by atoms with Crippen LogP contribution >= 0.6 is 0 Å². The van der Waals surface area contributed by atoms with E-state index in [1.54, 1.807) is 36.4 Å². The third-order valence-corrected chi connectivity index (χ3v) is 4.17. The summed E-state index contributed by atoms with van der Waals surface area (Å²) < 4.78 is 21.4. The number of carbonyl (C=O) groups excluding carboxylic acids is 3. The number of fused-ring (bicyclic) bond motifs is 2. The van der Waals surface area contributed by atoms with Crippen molar-refractivity contribution in [1.82, 2.24) is 16.2 Å². The minimum Gasteiger partial charge on any atom is -0.485 e. The van der Waals surface area contributed by atoms with Gasteiger partial charge in [-0.1, -0.05) is 12.1 Å². The maximum atomic E-state index is 12.1. The molecule has 0 spiro atoms. The third-order valence-electron chi connectivity index (χ3n) is 4.17. The Labute approximate surface area is 165 Å². The zero-order valence-electron chi connectivity index (χ0n) is 15.1. The van der Waals surface area contributed by atoms with Crippen LogP contribution < -0.4 is 35.1 Å². The topological polar surface area (TPSA) is 124 Å². The number of benzene rings is 2. The lowest BCUT2D eigenvalue weighted by molar-refractivity contribution is -0.134. The van der Waals surface area contributed by atoms with Crippen LogP contribution in [0.4, 0.5) is 0 Å². The Bertz CT molecular complexity index is 963. The lowest BCUT2D eigenvalue weighted by atomic mass is 10.2. The van der Waals surface area contributed by atoms with Gasteiger partial charge in [0, 0.05) is 5.56 Å². The van der Waals surface area contributed by atoms with Crippen LogP contribution in [-0.4, -0.2) is 43.8 Å². The van der Waals surface area contributed by atoms with Crippen molar-refractivity contribution in [3.8, 4) is 23.0 Å². The van der Waals surface area contributed by atoms with Crippen molar-refractivity contribution in [2.24, 2.45) is 0 Å². The van der Waals surface area contributed by atoms with Crippen LogP contribution in [0, 0.1) is 0 Å². The summed E-state index contributed by atoms with van der Waals surface area (Å²) in [5.74, 6) is 0.363. The number of ether oxygens (including phenoxy) is 4. The predicted octanol–water partition coefficient (Wildman–Crippen LogP) is 0.133. The first-order valence-electron chi connectivity index (χ1n) is 8.75. The SMILES string of the molecule is O=C(CNC(=O)c1ccc2c(c1)OCO2)NNC(=O)[C@H]1COc2ccccc2O1. The lowest BCUT2D eigenvalue weighted by Crippen LogP contribution is -2.52. The first kappa shape index (κ1) is 18.4. The fourth-order valence-corrected chi connectivity index (χ4v) is 2.71. The lowest BCUT2D eigenvalue weighted by Gasteiger charge is -2.25. The molecule has 0 unspecified atom stereocenters. The molecular formula is C19H17N3O7. The first-order chi connectivity index (χ1) is 14.1. The first-order valence-corrected chi connectivity index (χ1v) is 8.75. The smallest absolute Gasteiger partial charge is 0.283 e. The predicted molar refractivity (Wildman–Crippen MR) is 97.5 cm³/mol. The molecule has 0 saturated heterocycles. The molecule has 4 rings (SSSR count). The van der Waals surface area contributed by atoms with E-state index in [0.717, 1.165) is 0 Å². The van der Waals surface area contributed by atoms with Gasteiger partial charge >= 0.3 is 0 Å². The van der Waals surface area contributed by atoms with Crippen molar-refractivity contribution >= 4 is 17.7 Å². The van der Waals surface area contributed by atoms with Crippen molar-refractivity contribution in [3.63, 3.8) is 0 Å². The highest BCUT2D eigenvalue weighted by molar-refractivity contribution is 5.97. The van der Waals surface area contributed by atoms with Gasteiger partial charge in [0.1, 0.15) is 6.61 Å². The minimum absolute atomic E-state index is 0.0135. The normalized spacial score (nSPS) is 15.9. The molecule has 0 aromatic heterocycles. The van der Waals surface area contributed by atoms with Crippen molar-refractivity contribution in [2.45, 2.75) is 6.10 Å². The molecule has 3 amide bonds. The van der Waals surface area contributed by atoms with Crippen LogP contribution in [0.2, 0.25) is 0 Å². The van der Waals surface area contributed by atoms with Crippen LogP contribution in [0.1, 0.15) is 10.4 Å². The van der Waals surface area contributed by atoms with Gasteiger partial charge in [-0.3, -0.25) is 25.2 Å². The second-order valence-corrected chi connectivity index (χ2v) is 6.15. The van der Waals surface area contributed by atoms with E-state index in [1.165, 1.54) is 6.07 Å². The molecule has 29 heavy (non-hydrogen) atoms. The molecule has 2 aromatic rings. The fourth-order valence-electron chi connectivity index (χ4n) is 2.71. The van der Waals surface area contributed by atoms with Gasteiger partial charge in [-0.25, -0.2) is 0 Å². The summed E-state index contributed by atoms with van der Waals surface area (Å²) in [5, 5.41) is 2.45. The number of hydrazine groups is 1. The molecule has 1 atom stereocenters. The van der Waals surface area contributed by atoms with Crippen molar-refractivity contribution in [1.29, 1.82) is 0 Å². The molecule has 0 fully saturated rings. The number of hydrogen-bond acceptors (Lipinski definition) is 7.